The van der Waals surface area contributed by atoms with Crippen LogP contribution in [-0.4, -0.2) is 4.57 Å². The molecule has 0 aliphatic rings. The van der Waals surface area contributed by atoms with Crippen molar-refractivity contribution >= 4 is 82.4 Å². The highest BCUT2D eigenvalue weighted by Gasteiger charge is 2.25. The van der Waals surface area contributed by atoms with Crippen LogP contribution in [0.15, 0.2) is 247 Å². The van der Waals surface area contributed by atoms with E-state index in [4.69, 9.17) is 4.42 Å². The van der Waals surface area contributed by atoms with Crippen molar-refractivity contribution in [1.82, 2.24) is 4.57 Å². The lowest BCUT2D eigenvalue weighted by atomic mass is 9.92. The van der Waals surface area contributed by atoms with E-state index in [1.807, 2.05) is 6.07 Å². The summed E-state index contributed by atoms with van der Waals surface area (Å²) < 4.78 is 9.17. The van der Waals surface area contributed by atoms with Gasteiger partial charge in [-0.05, 0) is 87.3 Å². The Balaban J connectivity index is 1.08. The maximum atomic E-state index is 6.74. The normalized spacial score (nSPS) is 11.7. The molecule has 65 heavy (non-hydrogen) atoms. The summed E-state index contributed by atoms with van der Waals surface area (Å²) in [4.78, 5) is 2.46. The zero-order valence-corrected chi connectivity index (χ0v) is 35.4. The highest BCUT2D eigenvalue weighted by atomic mass is 16.3. The lowest BCUT2D eigenvalue weighted by Crippen LogP contribution is -2.13. The minimum absolute atomic E-state index is 0.877. The second-order valence-electron chi connectivity index (χ2n) is 16.8. The molecule has 3 heteroatoms. The quantitative estimate of drug-likeness (QED) is 0.149. The Bertz CT molecular complexity index is 3930. The third-order valence-electron chi connectivity index (χ3n) is 13.2. The standard InChI is InChI=1S/C62H40N2O/c1-2-22-44-42(19-1)40-55(46-24-4-3-23-45(44)46)41-20-17-21-43(39-41)63(57-34-12-9-29-51(57)53-31-18-32-54-52-30-10-16-38-61(52)65-62(53)54)56-33-11-5-25-47(56)48-26-6-13-35-58(48)64-59-36-14-7-27-49(59)50-28-8-15-37-60(50)64/h1-40H. The molecule has 0 aliphatic heterocycles. The first kappa shape index (κ1) is 36.9. The molecule has 11 aromatic carbocycles. The number of fused-ring (bicyclic) bond motifs is 9. The lowest BCUT2D eigenvalue weighted by Gasteiger charge is -2.30. The molecule has 0 atom stereocenters. The van der Waals surface area contributed by atoms with E-state index in [0.29, 0.717) is 0 Å². The number of para-hydroxylation sites is 7. The predicted octanol–water partition coefficient (Wildman–Crippen LogP) is 17.5. The highest BCUT2D eigenvalue weighted by Crippen LogP contribution is 2.49. The van der Waals surface area contributed by atoms with Crippen molar-refractivity contribution in [2.75, 3.05) is 4.90 Å². The van der Waals surface area contributed by atoms with Crippen molar-refractivity contribution in [1.29, 1.82) is 0 Å². The minimum Gasteiger partial charge on any atom is -0.455 e. The Hall–Kier alpha value is -8.66. The van der Waals surface area contributed by atoms with Crippen LogP contribution in [0.25, 0.3) is 104 Å². The summed E-state index contributed by atoms with van der Waals surface area (Å²) in [6.45, 7) is 0. The summed E-state index contributed by atoms with van der Waals surface area (Å²) in [6, 6.07) is 87.8. The van der Waals surface area contributed by atoms with E-state index in [0.717, 1.165) is 72.5 Å². The molecule has 0 N–H and O–H groups in total. The molecule has 0 radical (unpaired) electrons. The molecule has 13 aromatic rings. The number of aromatic nitrogens is 1. The van der Waals surface area contributed by atoms with Gasteiger partial charge in [0.25, 0.3) is 0 Å². The molecule has 2 heterocycles. The van der Waals surface area contributed by atoms with Gasteiger partial charge in [0, 0.05) is 49.5 Å². The second kappa shape index (κ2) is 15.0. The first-order valence-corrected chi connectivity index (χ1v) is 22.3. The van der Waals surface area contributed by atoms with Gasteiger partial charge < -0.3 is 13.9 Å². The smallest absolute Gasteiger partial charge is 0.143 e. The number of anilines is 3. The number of rotatable bonds is 7. The SMILES string of the molecule is c1cc(-c2cc3ccccc3c3ccccc23)cc(N(c2ccccc2-c2ccccc2-n2c3ccccc3c3ccccc32)c2ccccc2-c2cccc3c2oc2ccccc23)c1. The average molecular weight is 829 g/mol. The molecule has 0 spiro atoms. The van der Waals surface area contributed by atoms with Crippen molar-refractivity contribution < 1.29 is 4.42 Å². The number of hydrogen-bond donors (Lipinski definition) is 0. The zero-order chi connectivity index (χ0) is 42.8. The predicted molar refractivity (Wildman–Crippen MR) is 274 cm³/mol. The van der Waals surface area contributed by atoms with E-state index >= 15 is 0 Å². The van der Waals surface area contributed by atoms with E-state index in [2.05, 4.69) is 246 Å². The zero-order valence-electron chi connectivity index (χ0n) is 35.4. The van der Waals surface area contributed by atoms with Gasteiger partial charge in [-0.25, -0.2) is 0 Å². The lowest BCUT2D eigenvalue weighted by molar-refractivity contribution is 0.670. The third-order valence-corrected chi connectivity index (χ3v) is 13.2. The summed E-state index contributed by atoms with van der Waals surface area (Å²) in [7, 11) is 0. The molecule has 13 rings (SSSR count). The molecule has 0 amide bonds. The summed E-state index contributed by atoms with van der Waals surface area (Å²) in [6.07, 6.45) is 0. The number of benzene rings is 11. The minimum atomic E-state index is 0.877. The van der Waals surface area contributed by atoms with Gasteiger partial charge in [0.1, 0.15) is 11.2 Å². The van der Waals surface area contributed by atoms with Gasteiger partial charge in [-0.15, -0.1) is 0 Å². The fraction of sp³-hybridized carbons (Fsp3) is 0. The van der Waals surface area contributed by atoms with Crippen LogP contribution >= 0.6 is 0 Å². The maximum absolute atomic E-state index is 6.74. The van der Waals surface area contributed by atoms with Gasteiger partial charge in [0.15, 0.2) is 0 Å². The van der Waals surface area contributed by atoms with Crippen molar-refractivity contribution in [3.63, 3.8) is 0 Å². The van der Waals surface area contributed by atoms with Crippen molar-refractivity contribution in [3.05, 3.63) is 243 Å². The first-order chi connectivity index (χ1) is 32.3. The number of nitrogens with zero attached hydrogens (tertiary/aromatic N) is 2. The molecule has 0 saturated carbocycles. The number of hydrogen-bond acceptors (Lipinski definition) is 2. The molecule has 0 aliphatic carbocycles. The van der Waals surface area contributed by atoms with E-state index < -0.39 is 0 Å². The summed E-state index contributed by atoms with van der Waals surface area (Å²) in [5.41, 5.74) is 15.1. The molecular formula is C62H40N2O. The third kappa shape index (κ3) is 5.90. The molecular weight excluding hydrogens is 789 g/mol. The Morgan fingerprint density at radius 1 is 0.323 bits per heavy atom. The average Bonchev–Trinajstić information content (AvgIpc) is 3.93. The van der Waals surface area contributed by atoms with Crippen molar-refractivity contribution in [3.8, 4) is 39.1 Å². The molecule has 0 unspecified atom stereocenters. The molecule has 0 saturated heterocycles. The van der Waals surface area contributed by atoms with Gasteiger partial charge in [-0.2, -0.15) is 0 Å². The van der Waals surface area contributed by atoms with Gasteiger partial charge in [-0.1, -0.05) is 188 Å². The van der Waals surface area contributed by atoms with Crippen LogP contribution in [0.3, 0.4) is 0 Å². The largest absolute Gasteiger partial charge is 0.455 e. The summed E-state index contributed by atoms with van der Waals surface area (Å²) >= 11 is 0. The Labute approximate surface area is 376 Å². The van der Waals surface area contributed by atoms with Crippen LogP contribution < -0.4 is 4.90 Å². The fourth-order valence-corrected chi connectivity index (χ4v) is 10.3. The Morgan fingerprint density at radius 2 is 0.846 bits per heavy atom. The van der Waals surface area contributed by atoms with E-state index in [9.17, 15) is 0 Å². The van der Waals surface area contributed by atoms with Crippen LogP contribution in [0.5, 0.6) is 0 Å². The molecule has 0 bridgehead atoms. The summed E-state index contributed by atoms with van der Waals surface area (Å²) in [5, 5.41) is 9.64. The first-order valence-electron chi connectivity index (χ1n) is 22.3. The van der Waals surface area contributed by atoms with Crippen molar-refractivity contribution in [2.24, 2.45) is 0 Å². The molecule has 3 nitrogen and oxygen atoms in total. The Kier molecular flexibility index (Phi) is 8.53. The molecule has 0 fully saturated rings. The fourth-order valence-electron chi connectivity index (χ4n) is 10.3. The van der Waals surface area contributed by atoms with Crippen molar-refractivity contribution in [2.45, 2.75) is 0 Å². The molecule has 304 valence electrons. The van der Waals surface area contributed by atoms with Gasteiger partial charge in [0.05, 0.1) is 28.1 Å². The van der Waals surface area contributed by atoms with Crippen LogP contribution in [0.4, 0.5) is 17.1 Å². The second-order valence-corrected chi connectivity index (χ2v) is 16.8. The molecule has 2 aromatic heterocycles. The van der Waals surface area contributed by atoms with Gasteiger partial charge >= 0.3 is 0 Å². The monoisotopic (exact) mass is 828 g/mol. The maximum Gasteiger partial charge on any atom is 0.143 e. The van der Waals surface area contributed by atoms with Crippen LogP contribution in [0.2, 0.25) is 0 Å². The van der Waals surface area contributed by atoms with Gasteiger partial charge in [-0.3, -0.25) is 0 Å². The van der Waals surface area contributed by atoms with E-state index in [1.165, 1.54) is 48.9 Å². The van der Waals surface area contributed by atoms with E-state index in [1.54, 1.807) is 0 Å². The topological polar surface area (TPSA) is 21.3 Å². The van der Waals surface area contributed by atoms with Gasteiger partial charge in [0.2, 0.25) is 0 Å². The van der Waals surface area contributed by atoms with Crippen LogP contribution in [0, 0.1) is 0 Å². The van der Waals surface area contributed by atoms with Crippen LogP contribution in [0.1, 0.15) is 0 Å². The van der Waals surface area contributed by atoms with E-state index in [-0.39, 0.29) is 0 Å². The van der Waals surface area contributed by atoms with Crippen LogP contribution in [-0.2, 0) is 0 Å². The summed E-state index contributed by atoms with van der Waals surface area (Å²) in [5.74, 6) is 0. The number of furan rings is 1. The Morgan fingerprint density at radius 3 is 1.60 bits per heavy atom. The highest BCUT2D eigenvalue weighted by molar-refractivity contribution is 6.15.